The van der Waals surface area contributed by atoms with Gasteiger partial charge in [0, 0.05) is 55.0 Å². The van der Waals surface area contributed by atoms with Crippen molar-refractivity contribution in [2.75, 3.05) is 46.1 Å². The molecule has 0 spiro atoms. The van der Waals surface area contributed by atoms with Crippen LogP contribution in [0.5, 0.6) is 11.5 Å². The van der Waals surface area contributed by atoms with E-state index in [2.05, 4.69) is 10.2 Å². The highest BCUT2D eigenvalue weighted by Crippen LogP contribution is 2.36. The van der Waals surface area contributed by atoms with Crippen LogP contribution in [-0.4, -0.2) is 84.8 Å². The molecular formula is C29H33ClN4O6. The fraction of sp³-hybridized carbons (Fsp3) is 0.414. The molecular weight excluding hydrogens is 536 g/mol. The van der Waals surface area contributed by atoms with E-state index in [1.165, 1.54) is 0 Å². The second kappa shape index (κ2) is 11.8. The summed E-state index contributed by atoms with van der Waals surface area (Å²) in [4.78, 5) is 45.5. The SMILES string of the molecule is CCOC(=O)C1=C(CN2CCN(C(=O)c3ccc4c(c3)OCO4)C(C)C2)N(CC)C(=O)NC1c1ccccc1Cl. The van der Waals surface area contributed by atoms with Gasteiger partial charge in [-0.3, -0.25) is 14.6 Å². The zero-order valence-corrected chi connectivity index (χ0v) is 23.6. The lowest BCUT2D eigenvalue weighted by Gasteiger charge is -2.43. The number of piperazine rings is 1. The number of rotatable bonds is 7. The standard InChI is InChI=1S/C29H33ClN4O6/c1-4-33-22(25(28(36)38-5-2)26(31-29(33)37)20-8-6-7-9-21(20)30)16-32-12-13-34(18(3)15-32)27(35)19-10-11-23-24(14-19)40-17-39-23/h6-11,14,18,26H,4-5,12-13,15-17H2,1-3H3,(H,31,37). The summed E-state index contributed by atoms with van der Waals surface area (Å²) in [6, 6.07) is 11.2. The summed E-state index contributed by atoms with van der Waals surface area (Å²) in [6.07, 6.45) is 0. The van der Waals surface area contributed by atoms with Crippen molar-refractivity contribution in [3.05, 3.63) is 69.9 Å². The van der Waals surface area contributed by atoms with E-state index in [4.69, 9.17) is 25.8 Å². The summed E-state index contributed by atoms with van der Waals surface area (Å²) < 4.78 is 16.3. The molecule has 5 rings (SSSR count). The molecule has 1 fully saturated rings. The normalized spacial score (nSPS) is 20.9. The molecule has 0 radical (unpaired) electrons. The van der Waals surface area contributed by atoms with E-state index in [9.17, 15) is 14.4 Å². The number of likely N-dealkylation sites (N-methyl/N-ethyl adjacent to an activating group) is 1. The van der Waals surface area contributed by atoms with Crippen LogP contribution in [0, 0.1) is 0 Å². The Kier molecular flexibility index (Phi) is 8.18. The minimum absolute atomic E-state index is 0.0807. The van der Waals surface area contributed by atoms with Crippen molar-refractivity contribution < 1.29 is 28.6 Å². The van der Waals surface area contributed by atoms with Gasteiger partial charge in [-0.05, 0) is 50.6 Å². The van der Waals surface area contributed by atoms with Crippen LogP contribution in [-0.2, 0) is 9.53 Å². The van der Waals surface area contributed by atoms with E-state index >= 15 is 0 Å². The Hall–Kier alpha value is -3.76. The lowest BCUT2D eigenvalue weighted by Crippen LogP contribution is -2.56. The summed E-state index contributed by atoms with van der Waals surface area (Å²) >= 11 is 6.51. The van der Waals surface area contributed by atoms with Crippen LogP contribution < -0.4 is 14.8 Å². The van der Waals surface area contributed by atoms with Crippen LogP contribution in [0.15, 0.2) is 53.7 Å². The average Bonchev–Trinajstić information content (AvgIpc) is 3.41. The molecule has 11 heteroatoms. The number of urea groups is 1. The van der Waals surface area contributed by atoms with Gasteiger partial charge in [0.2, 0.25) is 6.79 Å². The molecule has 2 unspecified atom stereocenters. The third kappa shape index (κ3) is 5.33. The number of fused-ring (bicyclic) bond motifs is 1. The minimum Gasteiger partial charge on any atom is -0.463 e. The van der Waals surface area contributed by atoms with E-state index in [1.807, 2.05) is 24.8 Å². The number of hydrogen-bond donors (Lipinski definition) is 1. The molecule has 0 aromatic heterocycles. The zero-order valence-electron chi connectivity index (χ0n) is 22.8. The van der Waals surface area contributed by atoms with Crippen molar-refractivity contribution in [1.82, 2.24) is 20.0 Å². The van der Waals surface area contributed by atoms with E-state index in [0.29, 0.717) is 71.6 Å². The van der Waals surface area contributed by atoms with Gasteiger partial charge in [-0.25, -0.2) is 9.59 Å². The molecule has 0 saturated carbocycles. The summed E-state index contributed by atoms with van der Waals surface area (Å²) in [5, 5.41) is 3.40. The minimum atomic E-state index is -0.746. The highest BCUT2D eigenvalue weighted by Gasteiger charge is 2.40. The Labute approximate surface area is 238 Å². The lowest BCUT2D eigenvalue weighted by atomic mass is 9.94. The predicted molar refractivity (Wildman–Crippen MR) is 148 cm³/mol. The summed E-state index contributed by atoms with van der Waals surface area (Å²) in [5.74, 6) is 0.625. The molecule has 1 saturated heterocycles. The molecule has 1 N–H and O–H groups in total. The molecule has 2 aromatic rings. The van der Waals surface area contributed by atoms with E-state index < -0.39 is 12.0 Å². The lowest BCUT2D eigenvalue weighted by molar-refractivity contribution is -0.139. The molecule has 0 bridgehead atoms. The Balaban J connectivity index is 1.40. The van der Waals surface area contributed by atoms with Gasteiger partial charge in [0.05, 0.1) is 18.2 Å². The number of nitrogens with zero attached hydrogens (tertiary/aromatic N) is 3. The van der Waals surface area contributed by atoms with Crippen LogP contribution in [0.3, 0.4) is 0 Å². The monoisotopic (exact) mass is 568 g/mol. The van der Waals surface area contributed by atoms with Crippen molar-refractivity contribution in [3.8, 4) is 11.5 Å². The van der Waals surface area contributed by atoms with Gasteiger partial charge in [-0.1, -0.05) is 29.8 Å². The molecule has 40 heavy (non-hydrogen) atoms. The molecule has 3 aliphatic rings. The van der Waals surface area contributed by atoms with Gasteiger partial charge in [-0.2, -0.15) is 0 Å². The Morgan fingerprint density at radius 2 is 1.88 bits per heavy atom. The van der Waals surface area contributed by atoms with Gasteiger partial charge in [0.1, 0.15) is 0 Å². The number of hydrogen-bond acceptors (Lipinski definition) is 7. The highest BCUT2D eigenvalue weighted by atomic mass is 35.5. The average molecular weight is 569 g/mol. The first-order chi connectivity index (χ1) is 19.3. The van der Waals surface area contributed by atoms with Crippen molar-refractivity contribution >= 4 is 29.5 Å². The zero-order chi connectivity index (χ0) is 28.4. The molecule has 212 valence electrons. The van der Waals surface area contributed by atoms with Gasteiger partial charge >= 0.3 is 12.0 Å². The van der Waals surface area contributed by atoms with Crippen molar-refractivity contribution in [1.29, 1.82) is 0 Å². The van der Waals surface area contributed by atoms with Crippen LogP contribution in [0.2, 0.25) is 5.02 Å². The molecule has 3 amide bonds. The first-order valence-corrected chi connectivity index (χ1v) is 13.9. The quantitative estimate of drug-likeness (QED) is 0.507. The number of nitrogens with one attached hydrogen (secondary N) is 1. The molecule has 0 aliphatic carbocycles. The number of ether oxygens (including phenoxy) is 3. The van der Waals surface area contributed by atoms with E-state index in [1.54, 1.807) is 48.2 Å². The van der Waals surface area contributed by atoms with Gasteiger partial charge < -0.3 is 24.4 Å². The molecule has 10 nitrogen and oxygen atoms in total. The van der Waals surface area contributed by atoms with Crippen LogP contribution in [0.4, 0.5) is 4.79 Å². The number of halogens is 1. The maximum absolute atomic E-state index is 13.4. The van der Waals surface area contributed by atoms with Crippen molar-refractivity contribution in [2.24, 2.45) is 0 Å². The number of carbonyl (C=O) groups is 3. The molecule has 2 aromatic carbocycles. The Bertz CT molecular complexity index is 1350. The number of esters is 1. The van der Waals surface area contributed by atoms with Crippen LogP contribution >= 0.6 is 11.6 Å². The Morgan fingerprint density at radius 1 is 1.10 bits per heavy atom. The van der Waals surface area contributed by atoms with Gasteiger partial charge in [0.25, 0.3) is 5.91 Å². The largest absolute Gasteiger partial charge is 0.463 e. The third-order valence-electron chi connectivity index (χ3n) is 7.43. The number of amides is 3. The van der Waals surface area contributed by atoms with Gasteiger partial charge in [-0.15, -0.1) is 0 Å². The fourth-order valence-electron chi connectivity index (χ4n) is 5.49. The first-order valence-electron chi connectivity index (χ1n) is 13.5. The van der Waals surface area contributed by atoms with Crippen LogP contribution in [0.1, 0.15) is 42.7 Å². The highest BCUT2D eigenvalue weighted by molar-refractivity contribution is 6.31. The maximum Gasteiger partial charge on any atom is 0.338 e. The first kappa shape index (κ1) is 27.8. The number of benzene rings is 2. The predicted octanol–water partition coefficient (Wildman–Crippen LogP) is 3.82. The van der Waals surface area contributed by atoms with Crippen molar-refractivity contribution in [2.45, 2.75) is 32.9 Å². The summed E-state index contributed by atoms with van der Waals surface area (Å²) in [6.45, 7) is 8.28. The number of carbonyl (C=O) groups excluding carboxylic acids is 3. The van der Waals surface area contributed by atoms with E-state index in [0.717, 1.165) is 0 Å². The second-order valence-corrected chi connectivity index (χ2v) is 10.3. The maximum atomic E-state index is 13.4. The topological polar surface area (TPSA) is 101 Å². The molecule has 3 aliphatic heterocycles. The second-order valence-electron chi connectivity index (χ2n) is 9.88. The Morgan fingerprint density at radius 3 is 2.60 bits per heavy atom. The van der Waals surface area contributed by atoms with Crippen molar-refractivity contribution in [3.63, 3.8) is 0 Å². The molecule has 3 heterocycles. The third-order valence-corrected chi connectivity index (χ3v) is 7.78. The van der Waals surface area contributed by atoms with E-state index in [-0.39, 0.29) is 31.4 Å². The fourth-order valence-corrected chi connectivity index (χ4v) is 5.73. The van der Waals surface area contributed by atoms with Gasteiger partial charge in [0.15, 0.2) is 11.5 Å². The summed E-state index contributed by atoms with van der Waals surface area (Å²) in [7, 11) is 0. The summed E-state index contributed by atoms with van der Waals surface area (Å²) in [5.41, 5.74) is 2.11. The smallest absolute Gasteiger partial charge is 0.338 e. The van der Waals surface area contributed by atoms with Crippen LogP contribution in [0.25, 0.3) is 0 Å². The molecule has 2 atom stereocenters.